The van der Waals surface area contributed by atoms with Crippen molar-refractivity contribution in [2.24, 2.45) is 0 Å². The van der Waals surface area contributed by atoms with E-state index in [0.717, 1.165) is 22.2 Å². The smallest absolute Gasteiger partial charge is 0.240 e. The number of para-hydroxylation sites is 1. The lowest BCUT2D eigenvalue weighted by Gasteiger charge is -2.08. The van der Waals surface area contributed by atoms with Crippen molar-refractivity contribution in [2.75, 3.05) is 13.2 Å². The van der Waals surface area contributed by atoms with Crippen molar-refractivity contribution < 1.29 is 13.2 Å². The van der Waals surface area contributed by atoms with E-state index in [4.69, 9.17) is 4.74 Å². The topological polar surface area (TPSA) is 71.2 Å². The van der Waals surface area contributed by atoms with Gasteiger partial charge in [-0.3, -0.25) is 0 Å². The van der Waals surface area contributed by atoms with E-state index >= 15 is 0 Å². The molecule has 1 heterocycles. The lowest BCUT2D eigenvalue weighted by molar-refractivity contribution is 0.340. The first-order valence-corrected chi connectivity index (χ1v) is 10.2. The third kappa shape index (κ3) is 3.76. The average Bonchev–Trinajstić information content (AvgIpc) is 2.93. The first-order valence-electron chi connectivity index (χ1n) is 8.71. The third-order valence-corrected chi connectivity index (χ3v) is 5.95. The fraction of sp³-hybridized carbons (Fsp3) is 0.300. The molecule has 138 valence electrons. The van der Waals surface area contributed by atoms with Gasteiger partial charge in [0.15, 0.2) is 0 Å². The molecule has 0 radical (unpaired) electrons. The summed E-state index contributed by atoms with van der Waals surface area (Å²) in [6.07, 6.45) is 0.631. The fourth-order valence-electron chi connectivity index (χ4n) is 3.15. The first kappa shape index (κ1) is 18.5. The SMILES string of the molecule is CCOc1ccc(S(=O)(=O)NCCc2c(C)[nH]c3c(C)cccc23)cc1. The van der Waals surface area contributed by atoms with E-state index in [9.17, 15) is 8.42 Å². The Bertz CT molecular complexity index is 1010. The summed E-state index contributed by atoms with van der Waals surface area (Å²) in [6.45, 7) is 6.87. The van der Waals surface area contributed by atoms with Crippen molar-refractivity contribution >= 4 is 20.9 Å². The van der Waals surface area contributed by atoms with Crippen LogP contribution in [-0.4, -0.2) is 26.6 Å². The van der Waals surface area contributed by atoms with Crippen molar-refractivity contribution in [3.05, 3.63) is 59.3 Å². The van der Waals surface area contributed by atoms with Gasteiger partial charge in [0.1, 0.15) is 5.75 Å². The van der Waals surface area contributed by atoms with Crippen LogP contribution in [0.3, 0.4) is 0 Å². The number of rotatable bonds is 7. The molecule has 0 saturated carbocycles. The lowest BCUT2D eigenvalue weighted by atomic mass is 10.1. The molecule has 0 aliphatic heterocycles. The minimum absolute atomic E-state index is 0.243. The summed E-state index contributed by atoms with van der Waals surface area (Å²) in [5.74, 6) is 0.663. The zero-order valence-electron chi connectivity index (χ0n) is 15.3. The number of ether oxygens (including phenoxy) is 1. The van der Waals surface area contributed by atoms with Crippen LogP contribution in [0.25, 0.3) is 10.9 Å². The molecule has 2 aromatic carbocycles. The van der Waals surface area contributed by atoms with Crippen LogP contribution in [0.15, 0.2) is 47.4 Å². The normalized spacial score (nSPS) is 11.8. The highest BCUT2D eigenvalue weighted by molar-refractivity contribution is 7.89. The quantitative estimate of drug-likeness (QED) is 0.664. The summed E-state index contributed by atoms with van der Waals surface area (Å²) in [6, 6.07) is 12.6. The van der Waals surface area contributed by atoms with Gasteiger partial charge in [-0.15, -0.1) is 0 Å². The number of aromatic amines is 1. The molecule has 0 aliphatic carbocycles. The maximum absolute atomic E-state index is 12.5. The predicted octanol–water partition coefficient (Wildman–Crippen LogP) is 3.70. The monoisotopic (exact) mass is 372 g/mol. The molecule has 0 unspecified atom stereocenters. The van der Waals surface area contributed by atoms with Gasteiger partial charge in [-0.05, 0) is 62.6 Å². The molecule has 5 nitrogen and oxygen atoms in total. The molecule has 26 heavy (non-hydrogen) atoms. The maximum Gasteiger partial charge on any atom is 0.240 e. The second kappa shape index (κ2) is 7.51. The van der Waals surface area contributed by atoms with Crippen LogP contribution in [0.1, 0.15) is 23.7 Å². The summed E-state index contributed by atoms with van der Waals surface area (Å²) >= 11 is 0. The summed E-state index contributed by atoms with van der Waals surface area (Å²) in [5.41, 5.74) is 4.54. The Morgan fingerprint density at radius 2 is 1.81 bits per heavy atom. The largest absolute Gasteiger partial charge is 0.494 e. The zero-order chi connectivity index (χ0) is 18.7. The van der Waals surface area contributed by atoms with Gasteiger partial charge in [-0.1, -0.05) is 18.2 Å². The van der Waals surface area contributed by atoms with Gasteiger partial charge in [0, 0.05) is 23.1 Å². The number of aromatic nitrogens is 1. The van der Waals surface area contributed by atoms with Crippen LogP contribution < -0.4 is 9.46 Å². The molecular weight excluding hydrogens is 348 g/mol. The van der Waals surface area contributed by atoms with Crippen LogP contribution in [0.4, 0.5) is 0 Å². The van der Waals surface area contributed by atoms with E-state index in [0.29, 0.717) is 25.3 Å². The zero-order valence-corrected chi connectivity index (χ0v) is 16.1. The van der Waals surface area contributed by atoms with Crippen molar-refractivity contribution in [1.82, 2.24) is 9.71 Å². The number of fused-ring (bicyclic) bond motifs is 1. The predicted molar refractivity (Wildman–Crippen MR) is 104 cm³/mol. The number of H-pyrrole nitrogens is 1. The minimum Gasteiger partial charge on any atom is -0.494 e. The van der Waals surface area contributed by atoms with Crippen molar-refractivity contribution in [3.8, 4) is 5.75 Å². The molecule has 3 rings (SSSR count). The number of sulfonamides is 1. The molecule has 2 N–H and O–H groups in total. The molecule has 0 fully saturated rings. The van der Waals surface area contributed by atoms with E-state index in [1.54, 1.807) is 24.3 Å². The Balaban J connectivity index is 1.71. The molecule has 0 saturated heterocycles. The molecule has 0 aliphatic rings. The standard InChI is InChI=1S/C20H24N2O3S/c1-4-25-16-8-10-17(11-9-16)26(23,24)21-13-12-18-15(3)22-20-14(2)6-5-7-19(18)20/h5-11,21-22H,4,12-13H2,1-3H3. The highest BCUT2D eigenvalue weighted by Crippen LogP contribution is 2.25. The average molecular weight is 372 g/mol. The van der Waals surface area contributed by atoms with Gasteiger partial charge < -0.3 is 9.72 Å². The molecule has 0 amide bonds. The van der Waals surface area contributed by atoms with Gasteiger partial charge in [-0.25, -0.2) is 13.1 Å². The van der Waals surface area contributed by atoms with Gasteiger partial charge in [0.2, 0.25) is 10.0 Å². The highest BCUT2D eigenvalue weighted by atomic mass is 32.2. The summed E-state index contributed by atoms with van der Waals surface area (Å²) in [4.78, 5) is 3.64. The van der Waals surface area contributed by atoms with Crippen LogP contribution in [0, 0.1) is 13.8 Å². The van der Waals surface area contributed by atoms with Gasteiger partial charge >= 0.3 is 0 Å². The van der Waals surface area contributed by atoms with Gasteiger partial charge in [0.25, 0.3) is 0 Å². The first-order chi connectivity index (χ1) is 12.4. The van der Waals surface area contributed by atoms with Crippen LogP contribution in [0.2, 0.25) is 0 Å². The van der Waals surface area contributed by atoms with E-state index < -0.39 is 10.0 Å². The second-order valence-corrected chi connectivity index (χ2v) is 8.05. The Morgan fingerprint density at radius 1 is 1.08 bits per heavy atom. The number of nitrogens with one attached hydrogen (secondary N) is 2. The molecular formula is C20H24N2O3S. The molecule has 1 aromatic heterocycles. The fourth-order valence-corrected chi connectivity index (χ4v) is 4.18. The van der Waals surface area contributed by atoms with Crippen LogP contribution in [-0.2, 0) is 16.4 Å². The minimum atomic E-state index is -3.54. The molecule has 3 aromatic rings. The van der Waals surface area contributed by atoms with E-state index in [-0.39, 0.29) is 4.90 Å². The van der Waals surface area contributed by atoms with Crippen molar-refractivity contribution in [2.45, 2.75) is 32.1 Å². The Morgan fingerprint density at radius 3 is 2.50 bits per heavy atom. The molecule has 0 spiro atoms. The molecule has 6 heteroatoms. The Labute approximate surface area is 154 Å². The lowest BCUT2D eigenvalue weighted by Crippen LogP contribution is -2.26. The molecule has 0 bridgehead atoms. The van der Waals surface area contributed by atoms with Crippen LogP contribution in [0.5, 0.6) is 5.75 Å². The Hall–Kier alpha value is -2.31. The van der Waals surface area contributed by atoms with Gasteiger partial charge in [0.05, 0.1) is 11.5 Å². The van der Waals surface area contributed by atoms with E-state index in [1.807, 2.05) is 19.9 Å². The highest BCUT2D eigenvalue weighted by Gasteiger charge is 2.15. The van der Waals surface area contributed by atoms with Crippen molar-refractivity contribution in [1.29, 1.82) is 0 Å². The number of benzene rings is 2. The summed E-state index contributed by atoms with van der Waals surface area (Å²) in [5, 5.41) is 1.16. The number of aryl methyl sites for hydroxylation is 2. The second-order valence-electron chi connectivity index (χ2n) is 6.28. The third-order valence-electron chi connectivity index (χ3n) is 4.48. The number of hydrogen-bond donors (Lipinski definition) is 2. The summed E-state index contributed by atoms with van der Waals surface area (Å²) < 4.78 is 33.0. The summed E-state index contributed by atoms with van der Waals surface area (Å²) in [7, 11) is -3.54. The maximum atomic E-state index is 12.5. The van der Waals surface area contributed by atoms with Crippen LogP contribution >= 0.6 is 0 Å². The van der Waals surface area contributed by atoms with E-state index in [1.165, 1.54) is 5.56 Å². The Kier molecular flexibility index (Phi) is 5.34. The van der Waals surface area contributed by atoms with Gasteiger partial charge in [-0.2, -0.15) is 0 Å². The van der Waals surface area contributed by atoms with E-state index in [2.05, 4.69) is 28.8 Å². The van der Waals surface area contributed by atoms with Crippen molar-refractivity contribution in [3.63, 3.8) is 0 Å². The molecule has 0 atom stereocenters. The number of hydrogen-bond acceptors (Lipinski definition) is 3.